The van der Waals surface area contributed by atoms with Gasteiger partial charge in [0.05, 0.1) is 11.6 Å². The molecule has 1 aliphatic rings. The Morgan fingerprint density at radius 2 is 1.87 bits per heavy atom. The molecule has 0 saturated carbocycles. The summed E-state index contributed by atoms with van der Waals surface area (Å²) < 4.78 is 21.1. The number of carbonyl (C=O) groups excluding carboxylic acids is 2. The maximum atomic E-state index is 14.0. The molecule has 9 heteroatoms. The van der Waals surface area contributed by atoms with Crippen molar-refractivity contribution in [3.63, 3.8) is 0 Å². The lowest BCUT2D eigenvalue weighted by atomic mass is 10.0. The van der Waals surface area contributed by atoms with Gasteiger partial charge >= 0.3 is 0 Å². The zero-order chi connectivity index (χ0) is 27.2. The summed E-state index contributed by atoms with van der Waals surface area (Å²) in [5, 5.41) is 11.3. The first-order valence-electron chi connectivity index (χ1n) is 13.3. The molecule has 4 aromatic rings. The molecule has 0 unspecified atom stereocenters. The van der Waals surface area contributed by atoms with E-state index >= 15 is 0 Å². The van der Waals surface area contributed by atoms with Gasteiger partial charge in [-0.25, -0.2) is 9.07 Å². The average Bonchev–Trinajstić information content (AvgIpc) is 3.62. The van der Waals surface area contributed by atoms with E-state index in [2.05, 4.69) is 15.6 Å². The normalized spacial score (nSPS) is 15.8. The summed E-state index contributed by atoms with van der Waals surface area (Å²) in [7, 11) is 0. The molecule has 202 valence electrons. The van der Waals surface area contributed by atoms with Crippen LogP contribution in [0.25, 0.3) is 11.0 Å². The van der Waals surface area contributed by atoms with Crippen molar-refractivity contribution in [1.82, 2.24) is 25.2 Å². The number of fused-ring (bicyclic) bond motifs is 1. The van der Waals surface area contributed by atoms with Gasteiger partial charge in [0.2, 0.25) is 11.8 Å². The molecule has 1 aromatic heterocycles. The van der Waals surface area contributed by atoms with Crippen LogP contribution in [0.3, 0.4) is 0 Å². The summed E-state index contributed by atoms with van der Waals surface area (Å²) >= 11 is 0. The van der Waals surface area contributed by atoms with Crippen LogP contribution in [0.4, 0.5) is 4.39 Å². The van der Waals surface area contributed by atoms with Gasteiger partial charge < -0.3 is 15.0 Å². The van der Waals surface area contributed by atoms with Crippen molar-refractivity contribution >= 4 is 22.8 Å². The molecule has 5 rings (SSSR count). The molecule has 1 fully saturated rings. The molecule has 2 atom stereocenters. The zero-order valence-electron chi connectivity index (χ0n) is 21.9. The zero-order valence-corrected chi connectivity index (χ0v) is 21.9. The van der Waals surface area contributed by atoms with Crippen molar-refractivity contribution in [1.29, 1.82) is 0 Å². The average molecular weight is 530 g/mol. The topological polar surface area (TPSA) is 89.4 Å². The lowest BCUT2D eigenvalue weighted by Gasteiger charge is -2.32. The molecule has 0 bridgehead atoms. The lowest BCUT2D eigenvalue weighted by Crippen LogP contribution is -2.47. The molecule has 0 radical (unpaired) electrons. The van der Waals surface area contributed by atoms with Crippen LogP contribution < -0.4 is 5.32 Å². The van der Waals surface area contributed by atoms with Crippen LogP contribution in [0.2, 0.25) is 0 Å². The molecule has 39 heavy (non-hydrogen) atoms. The minimum atomic E-state index is -0.960. The first kappa shape index (κ1) is 26.5. The summed E-state index contributed by atoms with van der Waals surface area (Å²) in [6.07, 6.45) is 2.32. The van der Waals surface area contributed by atoms with Crippen molar-refractivity contribution < 1.29 is 18.7 Å². The number of benzene rings is 3. The number of aromatic nitrogens is 3. The number of para-hydroxylation sites is 1. The summed E-state index contributed by atoms with van der Waals surface area (Å²) in [5.41, 5.74) is 4.13. The van der Waals surface area contributed by atoms with Gasteiger partial charge in [0, 0.05) is 19.7 Å². The number of nitrogens with zero attached hydrogens (tertiary/aromatic N) is 4. The van der Waals surface area contributed by atoms with Crippen molar-refractivity contribution in [3.05, 3.63) is 95.3 Å². The van der Waals surface area contributed by atoms with E-state index in [1.54, 1.807) is 21.7 Å². The highest BCUT2D eigenvalue weighted by molar-refractivity contribution is 5.89. The Hall–Kier alpha value is -4.11. The Kier molecular flexibility index (Phi) is 8.27. The van der Waals surface area contributed by atoms with Gasteiger partial charge in [-0.2, -0.15) is 0 Å². The van der Waals surface area contributed by atoms with Gasteiger partial charge in [-0.05, 0) is 67.1 Å². The summed E-state index contributed by atoms with van der Waals surface area (Å²) in [6.45, 7) is 3.24. The van der Waals surface area contributed by atoms with Crippen molar-refractivity contribution in [3.8, 4) is 0 Å². The maximum Gasteiger partial charge on any atom is 0.247 e. The molecule has 0 spiro atoms. The third-order valence-corrected chi connectivity index (χ3v) is 7.18. The van der Waals surface area contributed by atoms with E-state index in [1.807, 2.05) is 55.5 Å². The van der Waals surface area contributed by atoms with Crippen LogP contribution in [0.15, 0.2) is 72.8 Å². The fourth-order valence-electron chi connectivity index (χ4n) is 5.02. The smallest absolute Gasteiger partial charge is 0.247 e. The Morgan fingerprint density at radius 3 is 2.64 bits per heavy atom. The minimum Gasteiger partial charge on any atom is -0.376 e. The Balaban J connectivity index is 1.47. The van der Waals surface area contributed by atoms with Crippen LogP contribution in [0.5, 0.6) is 0 Å². The monoisotopic (exact) mass is 529 g/mol. The molecule has 1 N–H and O–H groups in total. The summed E-state index contributed by atoms with van der Waals surface area (Å²) in [4.78, 5) is 29.3. The summed E-state index contributed by atoms with van der Waals surface area (Å²) in [5.74, 6) is -1.04. The second-order valence-corrected chi connectivity index (χ2v) is 9.83. The predicted octanol–water partition coefficient (Wildman–Crippen LogP) is 3.99. The van der Waals surface area contributed by atoms with Crippen molar-refractivity contribution in [2.45, 2.75) is 44.9 Å². The number of aryl methyl sites for hydroxylation is 1. The second kappa shape index (κ2) is 12.2. The second-order valence-electron chi connectivity index (χ2n) is 9.83. The van der Waals surface area contributed by atoms with Crippen molar-refractivity contribution in [2.24, 2.45) is 0 Å². The molecular weight excluding hydrogens is 497 g/mol. The van der Waals surface area contributed by atoms with E-state index in [1.165, 1.54) is 12.1 Å². The van der Waals surface area contributed by atoms with Gasteiger partial charge in [0.25, 0.3) is 0 Å². The van der Waals surface area contributed by atoms with Crippen LogP contribution >= 0.6 is 0 Å². The van der Waals surface area contributed by atoms with E-state index in [0.717, 1.165) is 29.5 Å². The Bertz CT molecular complexity index is 1430. The standard InChI is InChI=1S/C30H32FN5O3/c1-21-7-2-3-8-22(21)16-17-35(28(37)20-36-27-11-5-4-10-26(27)33-34-36)29(23-12-14-24(31)15-13-23)30(38)32-19-25-9-6-18-39-25/h2-5,7-8,10-15,25,29H,6,9,16-20H2,1H3,(H,32,38)/t25-,29+/m1/s1. The van der Waals surface area contributed by atoms with E-state index in [0.29, 0.717) is 30.7 Å². The predicted molar refractivity (Wildman–Crippen MR) is 145 cm³/mol. The van der Waals surface area contributed by atoms with E-state index in [4.69, 9.17) is 4.74 Å². The molecule has 1 saturated heterocycles. The molecule has 3 aromatic carbocycles. The quantitative estimate of drug-likeness (QED) is 0.336. The number of nitrogens with one attached hydrogen (secondary N) is 1. The van der Waals surface area contributed by atoms with Gasteiger partial charge in [-0.1, -0.05) is 53.7 Å². The first-order valence-corrected chi connectivity index (χ1v) is 13.3. The van der Waals surface area contributed by atoms with Gasteiger partial charge in [0.15, 0.2) is 0 Å². The number of halogens is 1. The number of rotatable bonds is 10. The number of hydrogen-bond donors (Lipinski definition) is 1. The maximum absolute atomic E-state index is 14.0. The molecule has 2 amide bonds. The van der Waals surface area contributed by atoms with Crippen LogP contribution in [0, 0.1) is 12.7 Å². The number of carbonyl (C=O) groups is 2. The Morgan fingerprint density at radius 1 is 1.10 bits per heavy atom. The lowest BCUT2D eigenvalue weighted by molar-refractivity contribution is -0.141. The first-order chi connectivity index (χ1) is 19.0. The molecular formula is C30H32FN5O3. The molecule has 1 aliphatic heterocycles. The highest BCUT2D eigenvalue weighted by Crippen LogP contribution is 2.24. The van der Waals surface area contributed by atoms with Crippen molar-refractivity contribution in [2.75, 3.05) is 19.7 Å². The fraction of sp³-hybridized carbons (Fsp3) is 0.333. The van der Waals surface area contributed by atoms with Gasteiger partial charge in [-0.15, -0.1) is 5.10 Å². The van der Waals surface area contributed by atoms with Gasteiger partial charge in [0.1, 0.15) is 23.9 Å². The largest absolute Gasteiger partial charge is 0.376 e. The molecule has 0 aliphatic carbocycles. The third-order valence-electron chi connectivity index (χ3n) is 7.18. The van der Waals surface area contributed by atoms with E-state index in [-0.39, 0.29) is 31.0 Å². The highest BCUT2D eigenvalue weighted by atomic mass is 19.1. The van der Waals surface area contributed by atoms with Crippen LogP contribution in [-0.4, -0.2) is 57.5 Å². The minimum absolute atomic E-state index is 0.0551. The Labute approximate surface area is 226 Å². The van der Waals surface area contributed by atoms with Crippen LogP contribution in [-0.2, 0) is 27.3 Å². The fourth-order valence-corrected chi connectivity index (χ4v) is 5.02. The number of hydrogen-bond acceptors (Lipinski definition) is 5. The molecule has 2 heterocycles. The van der Waals surface area contributed by atoms with E-state index in [9.17, 15) is 14.0 Å². The van der Waals surface area contributed by atoms with Gasteiger partial charge in [-0.3, -0.25) is 9.59 Å². The highest BCUT2D eigenvalue weighted by Gasteiger charge is 2.32. The SMILES string of the molecule is Cc1ccccc1CCN(C(=O)Cn1nnc2ccccc21)[C@H](C(=O)NC[C@H]1CCCO1)c1ccc(F)cc1. The third kappa shape index (κ3) is 6.31. The van der Waals surface area contributed by atoms with E-state index < -0.39 is 11.9 Å². The number of ether oxygens (including phenoxy) is 1. The number of amides is 2. The summed E-state index contributed by atoms with van der Waals surface area (Å²) in [6, 6.07) is 20.2. The van der Waals surface area contributed by atoms with Crippen LogP contribution in [0.1, 0.15) is 35.6 Å². The molecule has 8 nitrogen and oxygen atoms in total.